The van der Waals surface area contributed by atoms with Crippen LogP contribution in [0.4, 0.5) is 0 Å². The minimum absolute atomic E-state index is 0.112. The van der Waals surface area contributed by atoms with E-state index in [1.165, 1.54) is 33.3 Å². The lowest BCUT2D eigenvalue weighted by Gasteiger charge is -2.34. The summed E-state index contributed by atoms with van der Waals surface area (Å²) in [7, 11) is 1.71. The second kappa shape index (κ2) is 4.26. The number of hydrogen-bond acceptors (Lipinski definition) is 1. The first kappa shape index (κ1) is 13.2. The molecule has 0 atom stereocenters. The molecule has 22 heavy (non-hydrogen) atoms. The summed E-state index contributed by atoms with van der Waals surface area (Å²) in [5.41, 5.74) is 7.10. The van der Waals surface area contributed by atoms with Gasteiger partial charge in [0.05, 0.1) is 7.11 Å². The smallest absolute Gasteiger partial charge is 0.119 e. The molecular weight excluding hydrogens is 270 g/mol. The molecule has 0 unspecified atom stereocenters. The Balaban J connectivity index is 2.08. The van der Waals surface area contributed by atoms with E-state index in [0.717, 1.165) is 11.3 Å². The fraction of sp³-hybridized carbons (Fsp3) is 0.200. The van der Waals surface area contributed by atoms with Crippen molar-refractivity contribution in [1.82, 2.24) is 4.98 Å². The van der Waals surface area contributed by atoms with Gasteiger partial charge in [0, 0.05) is 27.6 Å². The molecule has 0 saturated carbocycles. The summed E-state index contributed by atoms with van der Waals surface area (Å²) in [4.78, 5) is 3.61. The highest BCUT2D eigenvalue weighted by atomic mass is 16.5. The highest BCUT2D eigenvalue weighted by Crippen LogP contribution is 2.48. The molecule has 1 aromatic heterocycles. The average molecular weight is 289 g/mol. The number of para-hydroxylation sites is 1. The highest BCUT2D eigenvalue weighted by Gasteiger charge is 2.37. The number of rotatable bonds is 1. The Bertz CT molecular complexity index is 915. The molecule has 0 fully saturated rings. The lowest BCUT2D eigenvalue weighted by atomic mass is 9.70. The average Bonchev–Trinajstić information content (AvgIpc) is 2.93. The maximum atomic E-state index is 5.42. The molecule has 4 rings (SSSR count). The Kier molecular flexibility index (Phi) is 2.56. The van der Waals surface area contributed by atoms with Crippen LogP contribution in [0.15, 0.2) is 49.0 Å². The molecule has 0 saturated heterocycles. The van der Waals surface area contributed by atoms with Gasteiger partial charge in [-0.15, -0.1) is 0 Å². The van der Waals surface area contributed by atoms with Crippen LogP contribution in [-0.2, 0) is 5.41 Å². The molecule has 1 N–H and O–H groups in total. The van der Waals surface area contributed by atoms with Crippen LogP contribution in [0.1, 0.15) is 36.2 Å². The van der Waals surface area contributed by atoms with Crippen molar-refractivity contribution in [3.63, 3.8) is 0 Å². The number of ether oxygens (including phenoxy) is 1. The Morgan fingerprint density at radius 3 is 2.64 bits per heavy atom. The molecule has 3 aromatic rings. The normalized spacial score (nSPS) is 15.5. The lowest BCUT2D eigenvalue weighted by molar-refractivity contribution is 0.413. The monoisotopic (exact) mass is 289 g/mol. The minimum Gasteiger partial charge on any atom is -0.497 e. The van der Waals surface area contributed by atoms with E-state index < -0.39 is 0 Å². The number of aromatic nitrogens is 1. The number of H-pyrrole nitrogens is 1. The van der Waals surface area contributed by atoms with Crippen molar-refractivity contribution in [3.8, 4) is 5.75 Å². The molecule has 0 aliphatic heterocycles. The Labute approximate surface area is 130 Å². The molecule has 2 nitrogen and oxygen atoms in total. The molecule has 0 amide bonds. The molecule has 0 spiro atoms. The summed E-state index contributed by atoms with van der Waals surface area (Å²) >= 11 is 0. The molecule has 110 valence electrons. The number of aromatic amines is 1. The fourth-order valence-electron chi connectivity index (χ4n) is 3.62. The van der Waals surface area contributed by atoms with Crippen molar-refractivity contribution < 1.29 is 4.74 Å². The van der Waals surface area contributed by atoms with Crippen molar-refractivity contribution >= 4 is 16.5 Å². The van der Waals surface area contributed by atoms with Crippen molar-refractivity contribution in [2.45, 2.75) is 19.3 Å². The summed E-state index contributed by atoms with van der Waals surface area (Å²) in [6, 6.07) is 14.7. The number of fused-ring (bicyclic) bond motifs is 4. The predicted octanol–water partition coefficient (Wildman–Crippen LogP) is 4.88. The third kappa shape index (κ3) is 1.55. The van der Waals surface area contributed by atoms with Gasteiger partial charge >= 0.3 is 0 Å². The van der Waals surface area contributed by atoms with Gasteiger partial charge < -0.3 is 9.72 Å². The van der Waals surface area contributed by atoms with Gasteiger partial charge in [0.1, 0.15) is 5.75 Å². The molecule has 1 aliphatic carbocycles. The first-order valence-corrected chi connectivity index (χ1v) is 7.53. The van der Waals surface area contributed by atoms with Crippen molar-refractivity contribution in [2.24, 2.45) is 0 Å². The molecule has 0 bridgehead atoms. The number of benzene rings is 2. The Morgan fingerprint density at radius 1 is 1.09 bits per heavy atom. The number of methoxy groups -OCH3 is 1. The van der Waals surface area contributed by atoms with Gasteiger partial charge in [-0.2, -0.15) is 0 Å². The van der Waals surface area contributed by atoms with Gasteiger partial charge in [0.25, 0.3) is 0 Å². The second-order valence-corrected chi connectivity index (χ2v) is 6.44. The van der Waals surface area contributed by atoms with Gasteiger partial charge in [-0.1, -0.05) is 44.7 Å². The third-order valence-corrected chi connectivity index (χ3v) is 4.86. The van der Waals surface area contributed by atoms with Gasteiger partial charge in [0.2, 0.25) is 0 Å². The van der Waals surface area contributed by atoms with E-state index in [1.54, 1.807) is 7.11 Å². The summed E-state index contributed by atoms with van der Waals surface area (Å²) in [5.74, 6) is 0.888. The van der Waals surface area contributed by atoms with E-state index in [1.807, 2.05) is 6.07 Å². The lowest BCUT2D eigenvalue weighted by Crippen LogP contribution is -2.26. The van der Waals surface area contributed by atoms with Gasteiger partial charge in [-0.3, -0.25) is 0 Å². The van der Waals surface area contributed by atoms with E-state index >= 15 is 0 Å². The summed E-state index contributed by atoms with van der Waals surface area (Å²) < 4.78 is 5.42. The van der Waals surface area contributed by atoms with Crippen LogP contribution in [0.25, 0.3) is 16.5 Å². The van der Waals surface area contributed by atoms with E-state index in [-0.39, 0.29) is 5.41 Å². The standard InChI is InChI=1S/C20H19NO/c1-12-14-10-9-13(22-4)11-16(14)20(2,3)19-18(12)15-7-5-6-8-17(15)21-19/h5-11,21H,1H2,2-4H3. The molecule has 2 heteroatoms. The summed E-state index contributed by atoms with van der Waals surface area (Å²) in [5, 5.41) is 1.25. The summed E-state index contributed by atoms with van der Waals surface area (Å²) in [6.07, 6.45) is 0. The third-order valence-electron chi connectivity index (χ3n) is 4.86. The second-order valence-electron chi connectivity index (χ2n) is 6.44. The fourth-order valence-corrected chi connectivity index (χ4v) is 3.62. The SMILES string of the molecule is C=C1c2ccc(OC)cc2C(C)(C)c2[nH]c3ccccc3c21. The van der Waals surface area contributed by atoms with Gasteiger partial charge in [-0.05, 0) is 34.9 Å². The van der Waals surface area contributed by atoms with Gasteiger partial charge in [0.15, 0.2) is 0 Å². The van der Waals surface area contributed by atoms with E-state index in [0.29, 0.717) is 0 Å². The minimum atomic E-state index is -0.112. The molecule has 1 heterocycles. The van der Waals surface area contributed by atoms with E-state index in [9.17, 15) is 0 Å². The van der Waals surface area contributed by atoms with E-state index in [2.05, 4.69) is 61.8 Å². The van der Waals surface area contributed by atoms with Crippen LogP contribution in [0.3, 0.4) is 0 Å². The molecule has 0 radical (unpaired) electrons. The first-order valence-electron chi connectivity index (χ1n) is 7.53. The van der Waals surface area contributed by atoms with E-state index in [4.69, 9.17) is 4.74 Å². The number of nitrogens with one attached hydrogen (secondary N) is 1. The maximum Gasteiger partial charge on any atom is 0.119 e. The Morgan fingerprint density at radius 2 is 1.86 bits per heavy atom. The van der Waals surface area contributed by atoms with Crippen LogP contribution in [0.2, 0.25) is 0 Å². The zero-order valence-electron chi connectivity index (χ0n) is 13.2. The molecule has 2 aromatic carbocycles. The van der Waals surface area contributed by atoms with Crippen molar-refractivity contribution in [2.75, 3.05) is 7.11 Å². The predicted molar refractivity (Wildman–Crippen MR) is 91.6 cm³/mol. The van der Waals surface area contributed by atoms with Crippen molar-refractivity contribution in [1.29, 1.82) is 0 Å². The number of hydrogen-bond donors (Lipinski definition) is 1. The van der Waals surface area contributed by atoms with Crippen LogP contribution in [0.5, 0.6) is 5.75 Å². The Hall–Kier alpha value is -2.48. The summed E-state index contributed by atoms with van der Waals surface area (Å²) in [6.45, 7) is 8.89. The largest absolute Gasteiger partial charge is 0.497 e. The van der Waals surface area contributed by atoms with Crippen molar-refractivity contribution in [3.05, 3.63) is 71.4 Å². The first-order chi connectivity index (χ1) is 10.5. The zero-order valence-corrected chi connectivity index (χ0v) is 13.2. The topological polar surface area (TPSA) is 25.0 Å². The highest BCUT2D eigenvalue weighted by molar-refractivity contribution is 6.00. The molecular formula is C20H19NO. The maximum absolute atomic E-state index is 5.42. The van der Waals surface area contributed by atoms with Crippen LogP contribution in [-0.4, -0.2) is 12.1 Å². The molecule has 1 aliphatic rings. The quantitative estimate of drug-likeness (QED) is 0.678. The van der Waals surface area contributed by atoms with Crippen LogP contribution >= 0.6 is 0 Å². The van der Waals surface area contributed by atoms with Gasteiger partial charge in [-0.25, -0.2) is 0 Å². The zero-order chi connectivity index (χ0) is 15.5. The van der Waals surface area contributed by atoms with Crippen LogP contribution < -0.4 is 4.74 Å². The van der Waals surface area contributed by atoms with Crippen LogP contribution in [0, 0.1) is 0 Å².